The van der Waals surface area contributed by atoms with E-state index in [1.807, 2.05) is 31.3 Å². The molecule has 98 valence electrons. The molecule has 0 spiro atoms. The number of nitrogens with one attached hydrogen (secondary N) is 2. The predicted octanol–water partition coefficient (Wildman–Crippen LogP) is 3.32. The molecular formula is C15H17N3O. The maximum atomic E-state index is 5.76. The van der Waals surface area contributed by atoms with Gasteiger partial charge < -0.3 is 14.7 Å². The Morgan fingerprint density at radius 2 is 2.21 bits per heavy atom. The van der Waals surface area contributed by atoms with Crippen molar-refractivity contribution in [2.45, 2.75) is 26.4 Å². The first kappa shape index (κ1) is 12.0. The van der Waals surface area contributed by atoms with Crippen LogP contribution in [-0.2, 0) is 6.54 Å². The van der Waals surface area contributed by atoms with Crippen LogP contribution in [0.15, 0.2) is 41.2 Å². The maximum absolute atomic E-state index is 5.76. The van der Waals surface area contributed by atoms with Gasteiger partial charge in [0.15, 0.2) is 0 Å². The Kier molecular flexibility index (Phi) is 3.09. The largest absolute Gasteiger partial charge is 0.461 e. The Morgan fingerprint density at radius 3 is 3.00 bits per heavy atom. The second-order valence-corrected chi connectivity index (χ2v) is 4.74. The molecule has 4 nitrogen and oxygen atoms in total. The molecule has 1 atom stereocenters. The van der Waals surface area contributed by atoms with Gasteiger partial charge in [0.2, 0.25) is 0 Å². The van der Waals surface area contributed by atoms with E-state index in [9.17, 15) is 0 Å². The monoisotopic (exact) mass is 255 g/mol. The van der Waals surface area contributed by atoms with Crippen LogP contribution in [0.3, 0.4) is 0 Å². The summed E-state index contributed by atoms with van der Waals surface area (Å²) in [5, 5.41) is 4.67. The molecule has 0 fully saturated rings. The van der Waals surface area contributed by atoms with E-state index in [-0.39, 0.29) is 6.04 Å². The van der Waals surface area contributed by atoms with Gasteiger partial charge in [-0.2, -0.15) is 0 Å². The average molecular weight is 255 g/mol. The van der Waals surface area contributed by atoms with Gasteiger partial charge in [0.1, 0.15) is 11.3 Å². The quantitative estimate of drug-likeness (QED) is 0.752. The zero-order valence-corrected chi connectivity index (χ0v) is 11.1. The first-order chi connectivity index (χ1) is 9.25. The van der Waals surface area contributed by atoms with E-state index in [2.05, 4.69) is 28.3 Å². The lowest BCUT2D eigenvalue weighted by Crippen LogP contribution is -2.18. The zero-order chi connectivity index (χ0) is 13.2. The van der Waals surface area contributed by atoms with Gasteiger partial charge in [0.25, 0.3) is 0 Å². The number of furan rings is 1. The molecule has 0 amide bonds. The summed E-state index contributed by atoms with van der Waals surface area (Å²) in [6, 6.07) is 8.37. The number of aromatic nitrogens is 2. The summed E-state index contributed by atoms with van der Waals surface area (Å²) >= 11 is 0. The number of aromatic amines is 1. The highest BCUT2D eigenvalue weighted by molar-refractivity contribution is 5.82. The number of hydrogen-bond acceptors (Lipinski definition) is 3. The molecule has 1 aromatic carbocycles. The molecule has 1 unspecified atom stereocenters. The Hall–Kier alpha value is -2.07. The van der Waals surface area contributed by atoms with Crippen LogP contribution in [0.2, 0.25) is 0 Å². The molecule has 0 aliphatic heterocycles. The number of benzene rings is 1. The number of H-pyrrole nitrogens is 1. The van der Waals surface area contributed by atoms with E-state index >= 15 is 0 Å². The highest BCUT2D eigenvalue weighted by Gasteiger charge is 2.12. The third-order valence-corrected chi connectivity index (χ3v) is 3.47. The molecular weight excluding hydrogens is 238 g/mol. The van der Waals surface area contributed by atoms with Gasteiger partial charge in [-0.3, -0.25) is 0 Å². The highest BCUT2D eigenvalue weighted by Crippen LogP contribution is 2.25. The Morgan fingerprint density at radius 1 is 1.37 bits per heavy atom. The van der Waals surface area contributed by atoms with Gasteiger partial charge in [-0.25, -0.2) is 4.98 Å². The molecule has 0 aliphatic rings. The number of hydrogen-bond donors (Lipinski definition) is 2. The van der Waals surface area contributed by atoms with Gasteiger partial charge in [0, 0.05) is 29.7 Å². The molecule has 19 heavy (non-hydrogen) atoms. The lowest BCUT2D eigenvalue weighted by Gasteiger charge is -2.11. The summed E-state index contributed by atoms with van der Waals surface area (Å²) < 4.78 is 5.76. The number of nitrogens with zero attached hydrogens (tertiary/aromatic N) is 1. The molecule has 0 saturated heterocycles. The zero-order valence-electron chi connectivity index (χ0n) is 11.1. The summed E-state index contributed by atoms with van der Waals surface area (Å²) in [6.07, 6.45) is 3.55. The molecule has 0 bridgehead atoms. The molecule has 2 heterocycles. The summed E-state index contributed by atoms with van der Waals surface area (Å²) in [5.74, 6) is 0.977. The fourth-order valence-corrected chi connectivity index (χ4v) is 2.31. The van der Waals surface area contributed by atoms with E-state index in [1.54, 1.807) is 6.33 Å². The number of rotatable bonds is 4. The lowest BCUT2D eigenvalue weighted by atomic mass is 10.1. The van der Waals surface area contributed by atoms with Crippen molar-refractivity contribution in [2.24, 2.45) is 0 Å². The van der Waals surface area contributed by atoms with Crippen molar-refractivity contribution in [3.8, 4) is 0 Å². The second-order valence-electron chi connectivity index (χ2n) is 4.74. The molecule has 2 N–H and O–H groups in total. The topological polar surface area (TPSA) is 53.9 Å². The third-order valence-electron chi connectivity index (χ3n) is 3.47. The van der Waals surface area contributed by atoms with Crippen LogP contribution >= 0.6 is 0 Å². The van der Waals surface area contributed by atoms with Crippen LogP contribution in [0.5, 0.6) is 0 Å². The minimum absolute atomic E-state index is 0.232. The minimum Gasteiger partial charge on any atom is -0.461 e. The number of aryl methyl sites for hydroxylation is 1. The van der Waals surface area contributed by atoms with Crippen molar-refractivity contribution in [1.82, 2.24) is 15.3 Å². The fraction of sp³-hybridized carbons (Fsp3) is 0.267. The van der Waals surface area contributed by atoms with Crippen LogP contribution < -0.4 is 5.32 Å². The second kappa shape index (κ2) is 4.90. The summed E-state index contributed by atoms with van der Waals surface area (Å²) in [7, 11) is 0. The fourth-order valence-electron chi connectivity index (χ4n) is 2.31. The highest BCUT2D eigenvalue weighted by atomic mass is 16.3. The van der Waals surface area contributed by atoms with Crippen molar-refractivity contribution >= 4 is 11.0 Å². The van der Waals surface area contributed by atoms with Gasteiger partial charge in [0.05, 0.1) is 12.0 Å². The van der Waals surface area contributed by atoms with Crippen molar-refractivity contribution in [2.75, 3.05) is 0 Å². The number of imidazole rings is 1. The third kappa shape index (κ3) is 2.27. The predicted molar refractivity (Wildman–Crippen MR) is 74.8 cm³/mol. The van der Waals surface area contributed by atoms with Crippen molar-refractivity contribution in [3.05, 3.63) is 53.8 Å². The SMILES string of the molecule is Cc1oc2ccccc2c1CNC(C)c1cnc[nH]1. The first-order valence-corrected chi connectivity index (χ1v) is 6.44. The molecule has 4 heteroatoms. The lowest BCUT2D eigenvalue weighted by molar-refractivity contribution is 0.539. The first-order valence-electron chi connectivity index (χ1n) is 6.44. The standard InChI is InChI=1S/C15H17N3O/c1-10(14-8-16-9-18-14)17-7-13-11(2)19-15-6-4-3-5-12(13)15/h3-6,8-10,17H,7H2,1-2H3,(H,16,18). The molecule has 0 aliphatic carbocycles. The van der Waals surface area contributed by atoms with E-state index in [4.69, 9.17) is 4.42 Å². The van der Waals surface area contributed by atoms with E-state index in [0.29, 0.717) is 0 Å². The van der Waals surface area contributed by atoms with Crippen LogP contribution in [-0.4, -0.2) is 9.97 Å². The Bertz CT molecular complexity index is 670. The Labute approximate surface area is 111 Å². The molecule has 0 radical (unpaired) electrons. The molecule has 3 aromatic rings. The number of fused-ring (bicyclic) bond motifs is 1. The summed E-state index contributed by atoms with van der Waals surface area (Å²) in [6.45, 7) is 4.91. The summed E-state index contributed by atoms with van der Waals surface area (Å²) in [4.78, 5) is 7.16. The van der Waals surface area contributed by atoms with Crippen LogP contribution in [0, 0.1) is 6.92 Å². The van der Waals surface area contributed by atoms with Gasteiger partial charge in [-0.1, -0.05) is 18.2 Å². The van der Waals surface area contributed by atoms with Crippen molar-refractivity contribution in [1.29, 1.82) is 0 Å². The maximum Gasteiger partial charge on any atom is 0.134 e. The van der Waals surface area contributed by atoms with E-state index < -0.39 is 0 Å². The van der Waals surface area contributed by atoms with Crippen LogP contribution in [0.1, 0.15) is 30.0 Å². The minimum atomic E-state index is 0.232. The average Bonchev–Trinajstić information content (AvgIpc) is 3.03. The van der Waals surface area contributed by atoms with Gasteiger partial charge >= 0.3 is 0 Å². The molecule has 0 saturated carbocycles. The summed E-state index contributed by atoms with van der Waals surface area (Å²) in [5.41, 5.74) is 3.26. The number of para-hydroxylation sites is 1. The molecule has 2 aromatic heterocycles. The molecule has 3 rings (SSSR count). The van der Waals surface area contributed by atoms with Crippen molar-refractivity contribution in [3.63, 3.8) is 0 Å². The Balaban J connectivity index is 1.80. The van der Waals surface area contributed by atoms with E-state index in [0.717, 1.165) is 23.6 Å². The van der Waals surface area contributed by atoms with Crippen LogP contribution in [0.4, 0.5) is 0 Å². The smallest absolute Gasteiger partial charge is 0.134 e. The normalized spacial score (nSPS) is 12.9. The van der Waals surface area contributed by atoms with E-state index in [1.165, 1.54) is 10.9 Å². The van der Waals surface area contributed by atoms with Gasteiger partial charge in [-0.05, 0) is 19.9 Å². The van der Waals surface area contributed by atoms with Crippen LogP contribution in [0.25, 0.3) is 11.0 Å². The van der Waals surface area contributed by atoms with Crippen molar-refractivity contribution < 1.29 is 4.42 Å². The van der Waals surface area contributed by atoms with Gasteiger partial charge in [-0.15, -0.1) is 0 Å².